The summed E-state index contributed by atoms with van der Waals surface area (Å²) < 4.78 is 10.8. The number of carbonyl (C=O) groups excluding carboxylic acids is 1. The summed E-state index contributed by atoms with van der Waals surface area (Å²) in [4.78, 5) is 11.2. The molecule has 0 aromatic rings. The van der Waals surface area contributed by atoms with Crippen LogP contribution in [-0.2, 0) is 14.0 Å². The molecule has 0 bridgehead atoms. The molecule has 3 nitrogen and oxygen atoms in total. The highest BCUT2D eigenvalue weighted by Crippen LogP contribution is 2.22. The molecule has 1 rings (SSSR count). The predicted molar refractivity (Wildman–Crippen MR) is 57.6 cm³/mol. The Bertz CT molecular complexity index is 210. The molecule has 0 aliphatic carbocycles. The summed E-state index contributed by atoms with van der Waals surface area (Å²) in [5, 5.41) is 0. The van der Waals surface area contributed by atoms with Gasteiger partial charge in [-0.25, -0.2) is 0 Å². The smallest absolute Gasteiger partial charge is 0.309 e. The molecule has 2 unspecified atom stereocenters. The summed E-state index contributed by atoms with van der Waals surface area (Å²) in [7, 11) is -1.47. The number of carbonyl (C=O) groups is 1. The maximum Gasteiger partial charge on any atom is 0.309 e. The van der Waals surface area contributed by atoms with Crippen molar-refractivity contribution in [2.75, 3.05) is 6.61 Å². The molecule has 1 heterocycles. The Hall–Kier alpha value is -0.353. The summed E-state index contributed by atoms with van der Waals surface area (Å²) in [6.45, 7) is 9.12. The Kier molecular flexibility index (Phi) is 3.72. The van der Waals surface area contributed by atoms with Crippen LogP contribution < -0.4 is 0 Å². The van der Waals surface area contributed by atoms with E-state index in [4.69, 9.17) is 9.16 Å². The number of ether oxygens (including phenoxy) is 1. The first-order valence-electron chi connectivity index (χ1n) is 5.23. The van der Waals surface area contributed by atoms with E-state index in [1.54, 1.807) is 0 Å². The summed E-state index contributed by atoms with van der Waals surface area (Å²) in [5.41, 5.74) is 0. The van der Waals surface area contributed by atoms with Crippen LogP contribution in [-0.4, -0.2) is 27.0 Å². The monoisotopic (exact) mass is 216 g/mol. The minimum atomic E-state index is -1.47. The molecule has 1 aliphatic rings. The largest absolute Gasteiger partial charge is 0.465 e. The van der Waals surface area contributed by atoms with Crippen LogP contribution in [0.15, 0.2) is 0 Å². The van der Waals surface area contributed by atoms with E-state index in [2.05, 4.69) is 19.6 Å². The average molecular weight is 216 g/mol. The van der Waals surface area contributed by atoms with Crippen molar-refractivity contribution >= 4 is 14.3 Å². The number of hydrogen-bond acceptors (Lipinski definition) is 3. The number of esters is 1. The third-order valence-electron chi connectivity index (χ3n) is 2.22. The van der Waals surface area contributed by atoms with Crippen molar-refractivity contribution in [1.82, 2.24) is 0 Å². The van der Waals surface area contributed by atoms with Crippen LogP contribution in [0, 0.1) is 5.92 Å². The van der Waals surface area contributed by atoms with Crippen molar-refractivity contribution in [3.63, 3.8) is 0 Å². The molecule has 0 aromatic carbocycles. The number of cyclic esters (lactones) is 1. The van der Waals surface area contributed by atoms with Gasteiger partial charge in [0, 0.05) is 6.10 Å². The van der Waals surface area contributed by atoms with Crippen LogP contribution in [0.1, 0.15) is 19.8 Å². The Morgan fingerprint density at radius 3 is 2.64 bits per heavy atom. The van der Waals surface area contributed by atoms with Crippen molar-refractivity contribution in [3.05, 3.63) is 0 Å². The molecule has 0 N–H and O–H groups in total. The third-order valence-corrected chi connectivity index (χ3v) is 3.32. The molecule has 0 saturated carbocycles. The molecule has 14 heavy (non-hydrogen) atoms. The van der Waals surface area contributed by atoms with E-state index >= 15 is 0 Å². The summed E-state index contributed by atoms with van der Waals surface area (Å²) in [6, 6.07) is 0. The Labute approximate surface area is 86.9 Å². The first-order valence-corrected chi connectivity index (χ1v) is 8.64. The minimum Gasteiger partial charge on any atom is -0.465 e. The maximum absolute atomic E-state index is 11.2. The Morgan fingerprint density at radius 1 is 1.57 bits per heavy atom. The zero-order valence-corrected chi connectivity index (χ0v) is 10.5. The Balaban J connectivity index is 2.33. The first-order chi connectivity index (χ1) is 6.38. The van der Waals surface area contributed by atoms with Crippen LogP contribution in [0.2, 0.25) is 19.6 Å². The van der Waals surface area contributed by atoms with Crippen LogP contribution in [0.25, 0.3) is 0 Å². The van der Waals surface area contributed by atoms with Crippen molar-refractivity contribution < 1.29 is 14.0 Å². The number of rotatable bonds is 4. The van der Waals surface area contributed by atoms with Gasteiger partial charge in [0.15, 0.2) is 8.32 Å². The minimum absolute atomic E-state index is 0.0453. The van der Waals surface area contributed by atoms with Gasteiger partial charge in [-0.15, -0.1) is 0 Å². The van der Waals surface area contributed by atoms with Gasteiger partial charge in [0.25, 0.3) is 0 Å². The van der Waals surface area contributed by atoms with Crippen LogP contribution in [0.5, 0.6) is 0 Å². The standard InChI is InChI=1S/C10H20O3Si/c1-8(13-14(2,3)4)7-9-5-6-12-10(9)11/h8-9H,5-7H2,1-4H3. The topological polar surface area (TPSA) is 35.5 Å². The summed E-state index contributed by atoms with van der Waals surface area (Å²) >= 11 is 0. The van der Waals surface area contributed by atoms with E-state index in [-0.39, 0.29) is 18.0 Å². The zero-order chi connectivity index (χ0) is 10.8. The van der Waals surface area contributed by atoms with Crippen LogP contribution >= 0.6 is 0 Å². The van der Waals surface area contributed by atoms with Gasteiger partial charge in [0.1, 0.15) is 0 Å². The van der Waals surface area contributed by atoms with Crippen molar-refractivity contribution in [2.24, 2.45) is 5.92 Å². The van der Waals surface area contributed by atoms with Gasteiger partial charge in [0.05, 0.1) is 12.5 Å². The fourth-order valence-electron chi connectivity index (χ4n) is 1.80. The highest BCUT2D eigenvalue weighted by molar-refractivity contribution is 6.69. The fourth-order valence-corrected chi connectivity index (χ4v) is 3.11. The normalized spacial score (nSPS) is 24.9. The van der Waals surface area contributed by atoms with Crippen molar-refractivity contribution in [3.8, 4) is 0 Å². The lowest BCUT2D eigenvalue weighted by molar-refractivity contribution is -0.141. The number of hydrogen-bond donors (Lipinski definition) is 0. The lowest BCUT2D eigenvalue weighted by atomic mass is 10.0. The molecular weight excluding hydrogens is 196 g/mol. The van der Waals surface area contributed by atoms with E-state index in [1.807, 2.05) is 6.92 Å². The van der Waals surface area contributed by atoms with Gasteiger partial charge in [0.2, 0.25) is 0 Å². The van der Waals surface area contributed by atoms with E-state index in [9.17, 15) is 4.79 Å². The Morgan fingerprint density at radius 2 is 2.21 bits per heavy atom. The molecule has 0 radical (unpaired) electrons. The molecule has 1 saturated heterocycles. The lowest BCUT2D eigenvalue weighted by Crippen LogP contribution is -2.32. The maximum atomic E-state index is 11.2. The first kappa shape index (κ1) is 11.7. The molecule has 0 aromatic heterocycles. The highest BCUT2D eigenvalue weighted by atomic mass is 28.4. The van der Waals surface area contributed by atoms with Gasteiger partial charge >= 0.3 is 5.97 Å². The predicted octanol–water partition coefficient (Wildman–Crippen LogP) is 2.18. The molecule has 1 aliphatic heterocycles. The van der Waals surface area contributed by atoms with Crippen molar-refractivity contribution in [1.29, 1.82) is 0 Å². The third kappa shape index (κ3) is 3.80. The van der Waals surface area contributed by atoms with E-state index in [0.29, 0.717) is 6.61 Å². The van der Waals surface area contributed by atoms with E-state index < -0.39 is 8.32 Å². The second-order valence-corrected chi connectivity index (χ2v) is 9.39. The van der Waals surface area contributed by atoms with Gasteiger partial charge < -0.3 is 9.16 Å². The van der Waals surface area contributed by atoms with E-state index in [0.717, 1.165) is 12.8 Å². The van der Waals surface area contributed by atoms with E-state index in [1.165, 1.54) is 0 Å². The van der Waals surface area contributed by atoms with Crippen LogP contribution in [0.4, 0.5) is 0 Å². The van der Waals surface area contributed by atoms with Gasteiger partial charge in [-0.1, -0.05) is 0 Å². The van der Waals surface area contributed by atoms with Crippen molar-refractivity contribution in [2.45, 2.75) is 45.5 Å². The highest BCUT2D eigenvalue weighted by Gasteiger charge is 2.29. The molecule has 2 atom stereocenters. The summed E-state index contributed by atoms with van der Waals surface area (Å²) in [5.74, 6) is 0.0253. The summed E-state index contributed by atoms with van der Waals surface area (Å²) in [6.07, 6.45) is 1.85. The molecule has 82 valence electrons. The SMILES string of the molecule is CC(CC1CCOC1=O)O[Si](C)(C)C. The van der Waals surface area contributed by atoms with Gasteiger partial charge in [-0.2, -0.15) is 0 Å². The fraction of sp³-hybridized carbons (Fsp3) is 0.900. The lowest BCUT2D eigenvalue weighted by Gasteiger charge is -2.24. The quantitative estimate of drug-likeness (QED) is 0.534. The molecular formula is C10H20O3Si. The zero-order valence-electron chi connectivity index (χ0n) is 9.50. The van der Waals surface area contributed by atoms with Gasteiger partial charge in [-0.3, -0.25) is 4.79 Å². The second-order valence-electron chi connectivity index (χ2n) is 4.93. The van der Waals surface area contributed by atoms with Gasteiger partial charge in [-0.05, 0) is 39.4 Å². The molecule has 1 fully saturated rings. The second kappa shape index (κ2) is 4.44. The molecule has 4 heteroatoms. The average Bonchev–Trinajstić information content (AvgIpc) is 2.32. The van der Waals surface area contributed by atoms with Crippen LogP contribution in [0.3, 0.4) is 0 Å². The molecule has 0 spiro atoms. The molecule has 0 amide bonds.